The monoisotopic (exact) mass is 288 g/mol. The first-order valence-electron chi connectivity index (χ1n) is 7.02. The van der Waals surface area contributed by atoms with Gasteiger partial charge in [0.15, 0.2) is 5.82 Å². The van der Waals surface area contributed by atoms with E-state index in [2.05, 4.69) is 27.7 Å². The number of hydrogen-bond donors (Lipinski definition) is 2. The number of anilines is 1. The van der Waals surface area contributed by atoms with Gasteiger partial charge in [0, 0.05) is 17.8 Å². The second-order valence-electron chi connectivity index (χ2n) is 4.87. The van der Waals surface area contributed by atoms with Crippen LogP contribution in [0.4, 0.5) is 5.69 Å². The summed E-state index contributed by atoms with van der Waals surface area (Å²) in [6.07, 6.45) is 1.06. The minimum Gasteiger partial charge on any atom is -0.385 e. The van der Waals surface area contributed by atoms with Gasteiger partial charge in [0.05, 0.1) is 6.54 Å². The van der Waals surface area contributed by atoms with Crippen LogP contribution in [0, 0.1) is 13.8 Å². The van der Waals surface area contributed by atoms with E-state index >= 15 is 0 Å². The molecule has 0 unspecified atom stereocenters. The minimum absolute atomic E-state index is 0.156. The number of aryl methyl sites for hydroxylation is 2. The van der Waals surface area contributed by atoms with Crippen LogP contribution < -0.4 is 10.6 Å². The Hall–Kier alpha value is -2.37. The van der Waals surface area contributed by atoms with Crippen LogP contribution in [0.2, 0.25) is 0 Å². The Morgan fingerprint density at radius 2 is 2.14 bits per heavy atom. The molecule has 0 aliphatic carbocycles. The number of benzene rings is 1. The summed E-state index contributed by atoms with van der Waals surface area (Å²) in [5, 5.41) is 9.76. The van der Waals surface area contributed by atoms with Gasteiger partial charge in [0.25, 0.3) is 5.91 Å². The van der Waals surface area contributed by atoms with Gasteiger partial charge in [-0.2, -0.15) is 4.98 Å². The smallest absolute Gasteiger partial charge is 0.251 e. The maximum absolute atomic E-state index is 12.1. The molecular weight excluding hydrogens is 268 g/mol. The van der Waals surface area contributed by atoms with E-state index < -0.39 is 0 Å². The van der Waals surface area contributed by atoms with Crippen LogP contribution >= 0.6 is 0 Å². The van der Waals surface area contributed by atoms with Crippen LogP contribution in [0.25, 0.3) is 0 Å². The van der Waals surface area contributed by atoms with Crippen molar-refractivity contribution in [1.29, 1.82) is 0 Å². The van der Waals surface area contributed by atoms with Crippen molar-refractivity contribution < 1.29 is 9.32 Å². The van der Waals surface area contributed by atoms with Gasteiger partial charge < -0.3 is 15.2 Å². The molecular formula is C15H20N4O2. The molecule has 0 saturated heterocycles. The standard InChI is InChI=1S/C15H20N4O2/c1-4-7-16-13-6-5-12(8-10(13)2)15(20)17-9-14-18-11(3)19-21-14/h5-6,8,16H,4,7,9H2,1-3H3,(H,17,20). The molecule has 0 atom stereocenters. The molecule has 1 heterocycles. The molecule has 0 fully saturated rings. The number of carbonyl (C=O) groups excluding carboxylic acids is 1. The average molecular weight is 288 g/mol. The Kier molecular flexibility index (Phi) is 4.92. The van der Waals surface area contributed by atoms with E-state index in [4.69, 9.17) is 4.52 Å². The predicted octanol–water partition coefficient (Wildman–Crippen LogP) is 2.44. The summed E-state index contributed by atoms with van der Waals surface area (Å²) in [6, 6.07) is 5.60. The van der Waals surface area contributed by atoms with E-state index in [0.717, 1.165) is 24.2 Å². The summed E-state index contributed by atoms with van der Waals surface area (Å²) in [5.74, 6) is 0.802. The molecule has 0 radical (unpaired) electrons. The van der Waals surface area contributed by atoms with Crippen molar-refractivity contribution >= 4 is 11.6 Å². The molecule has 6 heteroatoms. The van der Waals surface area contributed by atoms with Gasteiger partial charge in [-0.05, 0) is 44.0 Å². The van der Waals surface area contributed by atoms with Crippen molar-refractivity contribution in [2.45, 2.75) is 33.7 Å². The Morgan fingerprint density at radius 3 is 2.76 bits per heavy atom. The van der Waals surface area contributed by atoms with E-state index in [9.17, 15) is 4.79 Å². The van der Waals surface area contributed by atoms with E-state index in [1.807, 2.05) is 19.1 Å². The number of amides is 1. The summed E-state index contributed by atoms with van der Waals surface area (Å²) in [5.41, 5.74) is 2.72. The molecule has 21 heavy (non-hydrogen) atoms. The largest absolute Gasteiger partial charge is 0.385 e. The molecule has 0 aliphatic rings. The normalized spacial score (nSPS) is 10.4. The highest BCUT2D eigenvalue weighted by Gasteiger charge is 2.09. The molecule has 112 valence electrons. The van der Waals surface area contributed by atoms with Crippen LogP contribution in [0.15, 0.2) is 22.7 Å². The first kappa shape index (κ1) is 15.0. The molecule has 0 spiro atoms. The molecule has 6 nitrogen and oxygen atoms in total. The summed E-state index contributed by atoms with van der Waals surface area (Å²) in [4.78, 5) is 16.1. The summed E-state index contributed by atoms with van der Waals surface area (Å²) in [7, 11) is 0. The number of nitrogens with one attached hydrogen (secondary N) is 2. The van der Waals surface area contributed by atoms with Crippen molar-refractivity contribution in [3.63, 3.8) is 0 Å². The Bertz CT molecular complexity index is 622. The molecule has 1 aromatic carbocycles. The van der Waals surface area contributed by atoms with Gasteiger partial charge in [-0.25, -0.2) is 0 Å². The number of carbonyl (C=O) groups is 1. The lowest BCUT2D eigenvalue weighted by Crippen LogP contribution is -2.23. The lowest BCUT2D eigenvalue weighted by Gasteiger charge is -2.10. The van der Waals surface area contributed by atoms with E-state index in [0.29, 0.717) is 17.3 Å². The molecule has 0 aliphatic heterocycles. The molecule has 0 bridgehead atoms. The maximum atomic E-state index is 12.1. The van der Waals surface area contributed by atoms with Gasteiger partial charge in [-0.15, -0.1) is 0 Å². The third-order valence-corrected chi connectivity index (χ3v) is 3.02. The number of hydrogen-bond acceptors (Lipinski definition) is 5. The minimum atomic E-state index is -0.156. The van der Waals surface area contributed by atoms with Gasteiger partial charge in [0.1, 0.15) is 0 Å². The van der Waals surface area contributed by atoms with Crippen LogP contribution in [0.3, 0.4) is 0 Å². The summed E-state index contributed by atoms with van der Waals surface area (Å²) in [6.45, 7) is 6.98. The fourth-order valence-electron chi connectivity index (χ4n) is 1.93. The SMILES string of the molecule is CCCNc1ccc(C(=O)NCc2nc(C)no2)cc1C. The van der Waals surface area contributed by atoms with Crippen LogP contribution in [0.1, 0.15) is 41.0 Å². The van der Waals surface area contributed by atoms with E-state index in [1.165, 1.54) is 0 Å². The van der Waals surface area contributed by atoms with Gasteiger partial charge in [-0.1, -0.05) is 12.1 Å². The molecule has 2 N–H and O–H groups in total. The Labute approximate surface area is 123 Å². The highest BCUT2D eigenvalue weighted by Crippen LogP contribution is 2.16. The van der Waals surface area contributed by atoms with Crippen LogP contribution in [-0.2, 0) is 6.54 Å². The first-order chi connectivity index (χ1) is 10.1. The fraction of sp³-hybridized carbons (Fsp3) is 0.400. The average Bonchev–Trinajstić information content (AvgIpc) is 2.89. The van der Waals surface area contributed by atoms with Crippen molar-refractivity contribution in [3.8, 4) is 0 Å². The number of nitrogens with zero attached hydrogens (tertiary/aromatic N) is 2. The maximum Gasteiger partial charge on any atom is 0.251 e. The quantitative estimate of drug-likeness (QED) is 0.853. The Balaban J connectivity index is 1.97. The van der Waals surface area contributed by atoms with Gasteiger partial charge in [0.2, 0.25) is 5.89 Å². The topological polar surface area (TPSA) is 80.0 Å². The third kappa shape index (κ3) is 4.05. The second-order valence-corrected chi connectivity index (χ2v) is 4.87. The zero-order valence-corrected chi connectivity index (χ0v) is 12.6. The summed E-state index contributed by atoms with van der Waals surface area (Å²) < 4.78 is 4.95. The Morgan fingerprint density at radius 1 is 1.33 bits per heavy atom. The molecule has 1 amide bonds. The lowest BCUT2D eigenvalue weighted by atomic mass is 10.1. The molecule has 2 rings (SSSR count). The second kappa shape index (κ2) is 6.88. The van der Waals surface area contributed by atoms with Crippen molar-refractivity contribution in [2.75, 3.05) is 11.9 Å². The fourth-order valence-corrected chi connectivity index (χ4v) is 1.93. The first-order valence-corrected chi connectivity index (χ1v) is 7.02. The number of rotatable bonds is 6. The highest BCUT2D eigenvalue weighted by molar-refractivity contribution is 5.94. The highest BCUT2D eigenvalue weighted by atomic mass is 16.5. The van der Waals surface area contributed by atoms with Crippen molar-refractivity contribution in [1.82, 2.24) is 15.5 Å². The van der Waals surface area contributed by atoms with Crippen molar-refractivity contribution in [2.24, 2.45) is 0 Å². The van der Waals surface area contributed by atoms with E-state index in [-0.39, 0.29) is 12.5 Å². The van der Waals surface area contributed by atoms with Crippen LogP contribution in [-0.4, -0.2) is 22.6 Å². The van der Waals surface area contributed by atoms with Gasteiger partial charge >= 0.3 is 0 Å². The lowest BCUT2D eigenvalue weighted by molar-refractivity contribution is 0.0946. The van der Waals surface area contributed by atoms with Crippen molar-refractivity contribution in [3.05, 3.63) is 41.0 Å². The van der Waals surface area contributed by atoms with E-state index in [1.54, 1.807) is 13.0 Å². The van der Waals surface area contributed by atoms with Crippen LogP contribution in [0.5, 0.6) is 0 Å². The molecule has 1 aromatic heterocycles. The predicted molar refractivity (Wildman–Crippen MR) is 80.2 cm³/mol. The number of aromatic nitrogens is 2. The molecule has 2 aromatic rings. The van der Waals surface area contributed by atoms with Gasteiger partial charge in [-0.3, -0.25) is 4.79 Å². The zero-order valence-electron chi connectivity index (χ0n) is 12.6. The zero-order chi connectivity index (χ0) is 15.2. The third-order valence-electron chi connectivity index (χ3n) is 3.02. The summed E-state index contributed by atoms with van der Waals surface area (Å²) >= 11 is 0. The molecule has 0 saturated carbocycles.